The fraction of sp³-hybridized carbons (Fsp3) is 1.00. The minimum atomic E-state index is 0.370. The van der Waals surface area contributed by atoms with Crippen LogP contribution in [0.4, 0.5) is 0 Å². The van der Waals surface area contributed by atoms with Crippen LogP contribution >= 0.6 is 0 Å². The summed E-state index contributed by atoms with van der Waals surface area (Å²) in [5, 5.41) is 2.71. The molecule has 1 heterocycles. The fourth-order valence-corrected chi connectivity index (χ4v) is 0.157. The van der Waals surface area contributed by atoms with Gasteiger partial charge in [-0.1, -0.05) is 5.27 Å². The van der Waals surface area contributed by atoms with Crippen molar-refractivity contribution in [3.63, 3.8) is 0 Å². The predicted molar refractivity (Wildman–Crippen MR) is 17.7 cm³/mol. The fourth-order valence-electron chi connectivity index (χ4n) is 0.157. The first kappa shape index (κ1) is 3.51. The van der Waals surface area contributed by atoms with Gasteiger partial charge in [0.15, 0.2) is 0 Å². The molecule has 0 radical (unpaired) electrons. The van der Waals surface area contributed by atoms with E-state index >= 15 is 0 Å². The van der Waals surface area contributed by atoms with Gasteiger partial charge >= 0.3 is 0 Å². The number of aromatic nitrogens is 2. The largest absolute Gasteiger partial charge is 0.439 e. The lowest BCUT2D eigenvalue weighted by Crippen LogP contribution is -3.03. The quantitative estimate of drug-likeness (QED) is 0.412. The minimum absolute atomic E-state index is 0.370. The first-order chi connectivity index (χ1) is 2.80. The van der Waals surface area contributed by atoms with Gasteiger partial charge < -0.3 is 5.84 Å². The van der Waals surface area contributed by atoms with Crippen molar-refractivity contribution in [2.45, 2.75) is 0 Å². The Bertz CT molecular complexity index is 94.5. The van der Waals surface area contributed by atoms with Gasteiger partial charge in [0.25, 0.3) is 0 Å². The summed E-state index contributed by atoms with van der Waals surface area (Å²) in [4.78, 5) is 1.25. The van der Waals surface area contributed by atoms with Gasteiger partial charge in [0, 0.05) is 0 Å². The number of rotatable bonds is 1. The van der Waals surface area contributed by atoms with Gasteiger partial charge in [0.2, 0.25) is 0 Å². The van der Waals surface area contributed by atoms with E-state index in [-0.39, 0.29) is 0 Å². The molecule has 0 aliphatic carbocycles. The zero-order valence-electron chi connectivity index (χ0n) is 3.36. The Morgan fingerprint density at radius 1 is 2.00 bits per heavy atom. The number of aromatic amines is 1. The maximum atomic E-state index is 6.75. The number of H-pyrrole nitrogens is 1. The van der Waals surface area contributed by atoms with Gasteiger partial charge in [-0.3, -0.25) is 0 Å². The standard InChI is InChI=1S/CH6N4O/c1-4(2)5-3-6-5/h2-4H,1H3. The highest BCUT2D eigenvalue weighted by Crippen LogP contribution is 1.63. The molecule has 6 heavy (non-hydrogen) atoms. The molecule has 36 valence electrons. The molecule has 5 nitrogen and oxygen atoms in total. The third-order valence-corrected chi connectivity index (χ3v) is 0.487. The highest BCUT2D eigenvalue weighted by molar-refractivity contribution is 3.93. The smallest absolute Gasteiger partial charge is 0.0839 e. The molecule has 0 bridgehead atoms. The van der Waals surface area contributed by atoms with E-state index in [0.29, 0.717) is 5.12 Å². The number of nitrogens with one attached hydrogen (secondary N) is 3. The summed E-state index contributed by atoms with van der Waals surface area (Å²) < 4.78 is 4.33. The lowest BCUT2D eigenvalue weighted by molar-refractivity contribution is -0.885. The number of nitrogens with zero attached hydrogens (tertiary/aromatic N) is 1. The Kier molecular flexibility index (Phi) is 0.520. The van der Waals surface area contributed by atoms with Crippen LogP contribution in [0, 0.1) is 0 Å². The molecule has 0 amide bonds. The Balaban J connectivity index is 2.40. The molecule has 0 aliphatic rings. The van der Waals surface area contributed by atoms with Gasteiger partial charge in [0.1, 0.15) is 0 Å². The predicted octanol–water partition coefficient (Wildman–Crippen LogP) is -1.35. The zero-order valence-corrected chi connectivity index (χ0v) is 3.36. The van der Waals surface area contributed by atoms with E-state index in [9.17, 15) is 0 Å². The number of hydrogen-bond donors (Lipinski definition) is 2. The molecule has 1 atom stereocenters. The molecular formula is CH6N4O. The lowest BCUT2D eigenvalue weighted by atomic mass is 11.4. The summed E-state index contributed by atoms with van der Waals surface area (Å²) in [6.45, 7) is 0. The van der Waals surface area contributed by atoms with Crippen molar-refractivity contribution < 1.29 is 9.75 Å². The first-order valence-electron chi connectivity index (χ1n) is 1.58. The van der Waals surface area contributed by atoms with Gasteiger partial charge in [-0.2, -0.15) is 0 Å². The summed E-state index contributed by atoms with van der Waals surface area (Å²) in [6, 6.07) is 0. The molecule has 0 saturated heterocycles. The lowest BCUT2D eigenvalue weighted by Gasteiger charge is -2.00. The van der Waals surface area contributed by atoms with Crippen molar-refractivity contribution in [1.82, 2.24) is 10.2 Å². The second kappa shape index (κ2) is 0.889. The Hall–Kier alpha value is -0.680. The maximum absolute atomic E-state index is 6.75. The highest BCUT2D eigenvalue weighted by atomic mass is 16.8. The molecule has 5 heteroatoms. The van der Waals surface area contributed by atoms with Crippen molar-refractivity contribution in [3.05, 3.63) is 5.84 Å². The van der Waals surface area contributed by atoms with Crippen molar-refractivity contribution in [2.75, 3.05) is 7.05 Å². The van der Waals surface area contributed by atoms with Crippen LogP contribution in [0.3, 0.4) is 0 Å². The van der Waals surface area contributed by atoms with Crippen molar-refractivity contribution >= 4 is 0 Å². The Labute approximate surface area is 34.1 Å². The van der Waals surface area contributed by atoms with E-state index in [1.165, 1.54) is 4.96 Å². The maximum Gasteiger partial charge on any atom is 0.0839 e. The van der Waals surface area contributed by atoms with Crippen LogP contribution in [0.2, 0.25) is 0 Å². The van der Waals surface area contributed by atoms with E-state index in [0.717, 1.165) is 0 Å². The van der Waals surface area contributed by atoms with Gasteiger partial charge in [-0.05, 0) is 0 Å². The Morgan fingerprint density at radius 2 is 2.50 bits per heavy atom. The van der Waals surface area contributed by atoms with Crippen LogP contribution in [0.25, 0.3) is 5.84 Å². The van der Waals surface area contributed by atoms with Crippen LogP contribution in [-0.4, -0.2) is 17.3 Å². The van der Waals surface area contributed by atoms with E-state index in [2.05, 4.69) is 9.90 Å². The zero-order chi connectivity index (χ0) is 4.57. The molecule has 0 aromatic carbocycles. The third-order valence-electron chi connectivity index (χ3n) is 0.487. The summed E-state index contributed by atoms with van der Waals surface area (Å²) in [7, 11) is 1.62. The van der Waals surface area contributed by atoms with Crippen molar-refractivity contribution in [1.29, 1.82) is 0 Å². The first-order valence-corrected chi connectivity index (χ1v) is 1.58. The summed E-state index contributed by atoms with van der Waals surface area (Å²) in [5.74, 6) is 6.75. The number of hydrogen-bond acceptors (Lipinski definition) is 1. The molecule has 0 saturated carbocycles. The molecule has 0 spiro atoms. The van der Waals surface area contributed by atoms with Gasteiger partial charge in [-0.15, -0.1) is 0 Å². The third kappa shape index (κ3) is 0.447. The van der Waals surface area contributed by atoms with Crippen LogP contribution in [0.1, 0.15) is 0 Å². The molecule has 1 aromatic heterocycles. The summed E-state index contributed by atoms with van der Waals surface area (Å²) in [5.41, 5.74) is 0. The molecule has 1 rings (SSSR count). The summed E-state index contributed by atoms with van der Waals surface area (Å²) in [6.07, 6.45) is 0. The molecule has 0 aliphatic heterocycles. The topological polar surface area (TPSA) is 62.1 Å². The van der Waals surface area contributed by atoms with E-state index < -0.39 is 0 Å². The van der Waals surface area contributed by atoms with E-state index in [1.54, 1.807) is 7.05 Å². The van der Waals surface area contributed by atoms with Crippen LogP contribution in [-0.2, 0) is 0 Å². The van der Waals surface area contributed by atoms with E-state index in [1.807, 2.05) is 0 Å². The van der Waals surface area contributed by atoms with E-state index in [4.69, 9.17) is 5.84 Å². The van der Waals surface area contributed by atoms with Crippen LogP contribution < -0.4 is 5.12 Å². The van der Waals surface area contributed by atoms with Crippen LogP contribution in [0.5, 0.6) is 0 Å². The second-order valence-corrected chi connectivity index (χ2v) is 1.06. The van der Waals surface area contributed by atoms with Crippen molar-refractivity contribution in [3.8, 4) is 0 Å². The van der Waals surface area contributed by atoms with Gasteiger partial charge in [0.05, 0.1) is 12.0 Å². The molecule has 0 fully saturated rings. The van der Waals surface area contributed by atoms with Gasteiger partial charge in [-0.25, -0.2) is 9.75 Å². The van der Waals surface area contributed by atoms with Crippen molar-refractivity contribution in [2.24, 2.45) is 0 Å². The monoisotopic (exact) mass is 90.1 g/mol. The highest BCUT2D eigenvalue weighted by Gasteiger charge is 1.95. The molecule has 1 aromatic rings. The molecule has 3 N–H and O–H groups in total. The Morgan fingerprint density at radius 3 is 2.50 bits per heavy atom. The average Bonchev–Trinajstić information content (AvgIpc) is 2.06. The molecular weight excluding hydrogens is 84.0 g/mol. The number of quaternary nitrogens is 1. The second-order valence-electron chi connectivity index (χ2n) is 1.06. The summed E-state index contributed by atoms with van der Waals surface area (Å²) >= 11 is 0. The molecule has 1 unspecified atom stereocenters. The SMILES string of the molecule is C[NH+]([NH-])n1[nH]o1. The average molecular weight is 90.1 g/mol. The minimum Gasteiger partial charge on any atom is -0.439 e. The van der Waals surface area contributed by atoms with Crippen LogP contribution in [0.15, 0.2) is 4.63 Å². The normalized spacial score (nSPS) is 15.7.